The lowest BCUT2D eigenvalue weighted by Crippen LogP contribution is -1.71. The third kappa shape index (κ3) is 1.07. The fourth-order valence-corrected chi connectivity index (χ4v) is 1.72. The van der Waals surface area contributed by atoms with Gasteiger partial charge in [-0.2, -0.15) is 0 Å². The van der Waals surface area contributed by atoms with Gasteiger partial charge in [0.25, 0.3) is 0 Å². The monoisotopic (exact) mass is 209 g/mol. The van der Waals surface area contributed by atoms with Gasteiger partial charge in [-0.3, -0.25) is 0 Å². The fraction of sp³-hybridized carbons (Fsp3) is 0.111. The molecule has 0 saturated heterocycles. The van der Waals surface area contributed by atoms with Gasteiger partial charge in [0.1, 0.15) is 0 Å². The van der Waals surface area contributed by atoms with Crippen LogP contribution >= 0.6 is 15.9 Å². The summed E-state index contributed by atoms with van der Waals surface area (Å²) in [5, 5.41) is 1.29. The summed E-state index contributed by atoms with van der Waals surface area (Å²) >= 11 is 3.40. The number of aromatic nitrogens is 1. The van der Waals surface area contributed by atoms with Gasteiger partial charge < -0.3 is 4.98 Å². The molecule has 1 heterocycles. The second-order valence-corrected chi connectivity index (χ2v) is 3.51. The SMILES string of the molecule is Cc1cccc2[nH]c(Br)cc12. The van der Waals surface area contributed by atoms with Gasteiger partial charge in [0.15, 0.2) is 0 Å². The van der Waals surface area contributed by atoms with Crippen LogP contribution in [0.1, 0.15) is 5.56 Å². The summed E-state index contributed by atoms with van der Waals surface area (Å²) in [6.45, 7) is 2.11. The van der Waals surface area contributed by atoms with Crippen molar-refractivity contribution < 1.29 is 0 Å². The van der Waals surface area contributed by atoms with Crippen molar-refractivity contribution in [2.45, 2.75) is 6.92 Å². The molecule has 0 atom stereocenters. The summed E-state index contributed by atoms with van der Waals surface area (Å²) in [4.78, 5) is 3.22. The maximum Gasteiger partial charge on any atom is 0.0831 e. The molecule has 11 heavy (non-hydrogen) atoms. The normalized spacial score (nSPS) is 10.7. The van der Waals surface area contributed by atoms with Gasteiger partial charge in [0, 0.05) is 10.9 Å². The molecule has 0 aliphatic heterocycles. The largest absolute Gasteiger partial charge is 0.349 e. The van der Waals surface area contributed by atoms with Crippen LogP contribution in [0.2, 0.25) is 0 Å². The number of benzene rings is 1. The van der Waals surface area contributed by atoms with Crippen LogP contribution in [0.4, 0.5) is 0 Å². The van der Waals surface area contributed by atoms with Crippen molar-refractivity contribution in [1.82, 2.24) is 4.98 Å². The van der Waals surface area contributed by atoms with Gasteiger partial charge in [-0.05, 0) is 40.5 Å². The Bertz CT molecular complexity index is 389. The third-order valence-electron chi connectivity index (χ3n) is 1.85. The zero-order valence-electron chi connectivity index (χ0n) is 6.19. The van der Waals surface area contributed by atoms with Crippen LogP contribution in [0.5, 0.6) is 0 Å². The molecule has 0 bridgehead atoms. The Kier molecular flexibility index (Phi) is 1.50. The highest BCUT2D eigenvalue weighted by Gasteiger charge is 1.98. The first-order valence-electron chi connectivity index (χ1n) is 3.51. The number of aromatic amines is 1. The van der Waals surface area contributed by atoms with E-state index in [4.69, 9.17) is 0 Å². The Morgan fingerprint density at radius 3 is 2.91 bits per heavy atom. The molecule has 0 aliphatic carbocycles. The lowest BCUT2D eigenvalue weighted by atomic mass is 10.1. The minimum absolute atomic E-state index is 1.04. The number of rotatable bonds is 0. The molecule has 2 rings (SSSR count). The van der Waals surface area contributed by atoms with Crippen LogP contribution in [-0.4, -0.2) is 4.98 Å². The van der Waals surface area contributed by atoms with Gasteiger partial charge in [-0.1, -0.05) is 12.1 Å². The summed E-state index contributed by atoms with van der Waals surface area (Å²) in [5.74, 6) is 0. The van der Waals surface area contributed by atoms with E-state index >= 15 is 0 Å². The van der Waals surface area contributed by atoms with Gasteiger partial charge in [-0.15, -0.1) is 0 Å². The predicted octanol–water partition coefficient (Wildman–Crippen LogP) is 3.24. The maximum absolute atomic E-state index is 3.40. The van der Waals surface area contributed by atoms with Crippen LogP contribution in [0.3, 0.4) is 0 Å². The zero-order valence-corrected chi connectivity index (χ0v) is 7.77. The van der Waals surface area contributed by atoms with Crippen molar-refractivity contribution in [2.24, 2.45) is 0 Å². The lowest BCUT2D eigenvalue weighted by Gasteiger charge is -1.92. The second-order valence-electron chi connectivity index (χ2n) is 2.65. The number of H-pyrrole nitrogens is 1. The summed E-state index contributed by atoms with van der Waals surface area (Å²) < 4.78 is 1.04. The third-order valence-corrected chi connectivity index (χ3v) is 2.28. The molecule has 1 aromatic carbocycles. The number of halogens is 1. The molecular formula is C9H8BrN. The number of hydrogen-bond acceptors (Lipinski definition) is 0. The van der Waals surface area contributed by atoms with Crippen LogP contribution < -0.4 is 0 Å². The van der Waals surface area contributed by atoms with E-state index in [9.17, 15) is 0 Å². The average Bonchev–Trinajstić information content (AvgIpc) is 2.31. The Morgan fingerprint density at radius 1 is 1.36 bits per heavy atom. The minimum atomic E-state index is 1.04. The first-order chi connectivity index (χ1) is 5.27. The van der Waals surface area contributed by atoms with Crippen LogP contribution in [-0.2, 0) is 0 Å². The average molecular weight is 210 g/mol. The van der Waals surface area contributed by atoms with E-state index in [1.165, 1.54) is 16.5 Å². The minimum Gasteiger partial charge on any atom is -0.349 e. The number of hydrogen-bond donors (Lipinski definition) is 1. The first-order valence-corrected chi connectivity index (χ1v) is 4.30. The topological polar surface area (TPSA) is 15.8 Å². The van der Waals surface area contributed by atoms with Crippen molar-refractivity contribution in [3.8, 4) is 0 Å². The molecule has 1 nitrogen and oxygen atoms in total. The van der Waals surface area contributed by atoms with Gasteiger partial charge in [0.2, 0.25) is 0 Å². The highest BCUT2D eigenvalue weighted by molar-refractivity contribution is 9.10. The van der Waals surface area contributed by atoms with E-state index in [1.54, 1.807) is 0 Å². The molecule has 0 radical (unpaired) electrons. The molecule has 0 aliphatic rings. The Morgan fingerprint density at radius 2 is 2.18 bits per heavy atom. The lowest BCUT2D eigenvalue weighted by molar-refractivity contribution is 1.41. The number of aryl methyl sites for hydroxylation is 1. The van der Waals surface area contributed by atoms with E-state index in [2.05, 4.69) is 52.1 Å². The van der Waals surface area contributed by atoms with Crippen molar-refractivity contribution in [1.29, 1.82) is 0 Å². The highest BCUT2D eigenvalue weighted by Crippen LogP contribution is 2.21. The summed E-state index contributed by atoms with van der Waals surface area (Å²) in [6.07, 6.45) is 0. The number of nitrogens with one attached hydrogen (secondary N) is 1. The Labute approximate surface area is 73.6 Å². The molecule has 1 aromatic heterocycles. The van der Waals surface area contributed by atoms with Crippen LogP contribution in [0.25, 0.3) is 10.9 Å². The van der Waals surface area contributed by atoms with Gasteiger partial charge in [0.05, 0.1) is 4.60 Å². The van der Waals surface area contributed by atoms with E-state index in [1.807, 2.05) is 0 Å². The van der Waals surface area contributed by atoms with Crippen molar-refractivity contribution >= 4 is 26.8 Å². The molecule has 1 N–H and O–H groups in total. The molecule has 2 heteroatoms. The summed E-state index contributed by atoms with van der Waals surface area (Å²) in [5.41, 5.74) is 2.50. The molecular weight excluding hydrogens is 202 g/mol. The van der Waals surface area contributed by atoms with Crippen LogP contribution in [0.15, 0.2) is 28.9 Å². The summed E-state index contributed by atoms with van der Waals surface area (Å²) in [6, 6.07) is 8.35. The van der Waals surface area contributed by atoms with Crippen LogP contribution in [0, 0.1) is 6.92 Å². The van der Waals surface area contributed by atoms with E-state index < -0.39 is 0 Å². The van der Waals surface area contributed by atoms with Crippen molar-refractivity contribution in [3.05, 3.63) is 34.4 Å². The fourth-order valence-electron chi connectivity index (χ4n) is 1.27. The predicted molar refractivity (Wildman–Crippen MR) is 50.7 cm³/mol. The maximum atomic E-state index is 3.40. The van der Waals surface area contributed by atoms with E-state index in [0.29, 0.717) is 0 Å². The summed E-state index contributed by atoms with van der Waals surface area (Å²) in [7, 11) is 0. The molecule has 0 saturated carbocycles. The molecule has 56 valence electrons. The van der Waals surface area contributed by atoms with Crippen molar-refractivity contribution in [3.63, 3.8) is 0 Å². The van der Waals surface area contributed by atoms with E-state index in [0.717, 1.165) is 4.60 Å². The molecule has 2 aromatic rings. The molecule has 0 fully saturated rings. The van der Waals surface area contributed by atoms with Crippen molar-refractivity contribution in [2.75, 3.05) is 0 Å². The first kappa shape index (κ1) is 6.92. The Hall–Kier alpha value is -0.760. The van der Waals surface area contributed by atoms with E-state index in [-0.39, 0.29) is 0 Å². The molecule has 0 amide bonds. The zero-order chi connectivity index (χ0) is 7.84. The highest BCUT2D eigenvalue weighted by atomic mass is 79.9. The Balaban J connectivity index is 2.90. The quantitative estimate of drug-likeness (QED) is 0.686. The second kappa shape index (κ2) is 2.38. The standard InChI is InChI=1S/C9H8BrN/c1-6-3-2-4-8-7(6)5-9(10)11-8/h2-5,11H,1H3. The molecule has 0 spiro atoms. The number of fused-ring (bicyclic) bond motifs is 1. The van der Waals surface area contributed by atoms with Gasteiger partial charge in [-0.25, -0.2) is 0 Å². The smallest absolute Gasteiger partial charge is 0.0831 e. The van der Waals surface area contributed by atoms with Gasteiger partial charge >= 0.3 is 0 Å². The molecule has 0 unspecified atom stereocenters.